The van der Waals surface area contributed by atoms with Crippen LogP contribution in [0, 0.1) is 13.8 Å². The highest BCUT2D eigenvalue weighted by molar-refractivity contribution is 7.89. The van der Waals surface area contributed by atoms with Crippen molar-refractivity contribution in [3.8, 4) is 5.75 Å². The summed E-state index contributed by atoms with van der Waals surface area (Å²) in [6, 6.07) is 6.62. The SMILES string of the molecule is CCOc1ccccc1S(=O)(=O)NCc1sc(C)nc1C. The van der Waals surface area contributed by atoms with E-state index in [0.29, 0.717) is 12.4 Å². The van der Waals surface area contributed by atoms with Crippen molar-refractivity contribution in [3.05, 3.63) is 39.8 Å². The first-order valence-corrected chi connectivity index (χ1v) is 8.88. The fourth-order valence-corrected chi connectivity index (χ4v) is 4.03. The molecule has 0 unspecified atom stereocenters. The number of nitrogens with one attached hydrogen (secondary N) is 1. The first-order valence-electron chi connectivity index (χ1n) is 6.58. The zero-order valence-corrected chi connectivity index (χ0v) is 13.8. The number of hydrogen-bond donors (Lipinski definition) is 1. The summed E-state index contributed by atoms with van der Waals surface area (Å²) in [6.07, 6.45) is 0. The van der Waals surface area contributed by atoms with E-state index in [4.69, 9.17) is 4.74 Å². The van der Waals surface area contributed by atoms with Crippen molar-refractivity contribution in [2.45, 2.75) is 32.2 Å². The third-order valence-corrected chi connectivity index (χ3v) is 5.37. The average Bonchev–Trinajstić information content (AvgIpc) is 2.76. The molecule has 0 saturated carbocycles. The van der Waals surface area contributed by atoms with E-state index >= 15 is 0 Å². The van der Waals surface area contributed by atoms with E-state index in [-0.39, 0.29) is 11.4 Å². The monoisotopic (exact) mass is 326 g/mol. The molecule has 114 valence electrons. The number of hydrogen-bond acceptors (Lipinski definition) is 5. The topological polar surface area (TPSA) is 68.3 Å². The van der Waals surface area contributed by atoms with Crippen LogP contribution < -0.4 is 9.46 Å². The van der Waals surface area contributed by atoms with Crippen LogP contribution in [0.25, 0.3) is 0 Å². The third kappa shape index (κ3) is 3.81. The molecule has 0 aliphatic heterocycles. The summed E-state index contributed by atoms with van der Waals surface area (Å²) >= 11 is 1.50. The minimum atomic E-state index is -3.61. The van der Waals surface area contributed by atoms with Crippen molar-refractivity contribution < 1.29 is 13.2 Å². The van der Waals surface area contributed by atoms with Crippen LogP contribution in [0.1, 0.15) is 22.5 Å². The normalized spacial score (nSPS) is 11.6. The Balaban J connectivity index is 2.21. The second kappa shape index (κ2) is 6.55. The molecular weight excluding hydrogens is 308 g/mol. The highest BCUT2D eigenvalue weighted by Crippen LogP contribution is 2.24. The molecule has 7 heteroatoms. The summed E-state index contributed by atoms with van der Waals surface area (Å²) in [5.41, 5.74) is 0.860. The molecule has 1 aromatic carbocycles. The second-order valence-electron chi connectivity index (χ2n) is 4.45. The minimum absolute atomic E-state index is 0.158. The molecule has 2 rings (SSSR count). The van der Waals surface area contributed by atoms with Crippen LogP contribution in [0.5, 0.6) is 5.75 Å². The molecule has 0 saturated heterocycles. The maximum Gasteiger partial charge on any atom is 0.244 e. The Kier molecular flexibility index (Phi) is 4.97. The van der Waals surface area contributed by atoms with Crippen molar-refractivity contribution in [2.24, 2.45) is 0 Å². The smallest absolute Gasteiger partial charge is 0.244 e. The number of thiazole rings is 1. The molecule has 2 aromatic rings. The van der Waals surface area contributed by atoms with Crippen LogP contribution in [0.15, 0.2) is 29.2 Å². The highest BCUT2D eigenvalue weighted by atomic mass is 32.2. The predicted octanol–water partition coefficient (Wildman–Crippen LogP) is 2.64. The van der Waals surface area contributed by atoms with Gasteiger partial charge in [-0.15, -0.1) is 11.3 Å². The number of nitrogens with zero attached hydrogens (tertiary/aromatic N) is 1. The van der Waals surface area contributed by atoms with Gasteiger partial charge in [-0.25, -0.2) is 18.1 Å². The van der Waals surface area contributed by atoms with Crippen LogP contribution >= 0.6 is 11.3 Å². The number of aromatic nitrogens is 1. The van der Waals surface area contributed by atoms with Gasteiger partial charge in [0.05, 0.1) is 17.3 Å². The van der Waals surface area contributed by atoms with Gasteiger partial charge >= 0.3 is 0 Å². The van der Waals surface area contributed by atoms with Crippen LogP contribution in [-0.4, -0.2) is 20.0 Å². The van der Waals surface area contributed by atoms with E-state index in [0.717, 1.165) is 15.6 Å². The lowest BCUT2D eigenvalue weighted by Gasteiger charge is -2.11. The molecular formula is C14H18N2O3S2. The van der Waals surface area contributed by atoms with Crippen LogP contribution in [0.2, 0.25) is 0 Å². The predicted molar refractivity (Wildman–Crippen MR) is 83.2 cm³/mol. The second-order valence-corrected chi connectivity index (χ2v) is 7.47. The first-order chi connectivity index (χ1) is 9.94. The number of sulfonamides is 1. The molecule has 1 heterocycles. The van der Waals surface area contributed by atoms with Crippen molar-refractivity contribution in [1.29, 1.82) is 0 Å². The zero-order chi connectivity index (χ0) is 15.5. The Morgan fingerprint density at radius 3 is 2.62 bits per heavy atom. The van der Waals surface area contributed by atoms with E-state index in [1.54, 1.807) is 18.2 Å². The Morgan fingerprint density at radius 2 is 2.00 bits per heavy atom. The molecule has 1 N–H and O–H groups in total. The van der Waals surface area contributed by atoms with Gasteiger partial charge in [-0.2, -0.15) is 0 Å². The lowest BCUT2D eigenvalue weighted by Crippen LogP contribution is -2.23. The van der Waals surface area contributed by atoms with Gasteiger partial charge in [0.25, 0.3) is 0 Å². The van der Waals surface area contributed by atoms with Crippen molar-refractivity contribution in [1.82, 2.24) is 9.71 Å². The van der Waals surface area contributed by atoms with Crippen molar-refractivity contribution in [2.75, 3.05) is 6.61 Å². The molecule has 0 aliphatic rings. The summed E-state index contributed by atoms with van der Waals surface area (Å²) in [5.74, 6) is 0.365. The highest BCUT2D eigenvalue weighted by Gasteiger charge is 2.19. The van der Waals surface area contributed by atoms with E-state index < -0.39 is 10.0 Å². The molecule has 0 radical (unpaired) electrons. The molecule has 0 amide bonds. The fourth-order valence-electron chi connectivity index (χ4n) is 1.92. The number of aryl methyl sites for hydroxylation is 2. The summed E-state index contributed by atoms with van der Waals surface area (Å²) in [5, 5.41) is 0.927. The molecule has 0 aliphatic carbocycles. The Labute approximate surface area is 129 Å². The van der Waals surface area contributed by atoms with Crippen molar-refractivity contribution in [3.63, 3.8) is 0 Å². The van der Waals surface area contributed by atoms with E-state index in [1.165, 1.54) is 17.4 Å². The van der Waals surface area contributed by atoms with Crippen LogP contribution in [0.4, 0.5) is 0 Å². The summed E-state index contributed by atoms with van der Waals surface area (Å²) in [7, 11) is -3.61. The largest absolute Gasteiger partial charge is 0.492 e. The van der Waals surface area contributed by atoms with Gasteiger partial charge in [0.2, 0.25) is 10.0 Å². The van der Waals surface area contributed by atoms with Gasteiger partial charge in [-0.3, -0.25) is 0 Å². The fraction of sp³-hybridized carbons (Fsp3) is 0.357. The first kappa shape index (κ1) is 15.9. The van der Waals surface area contributed by atoms with Gasteiger partial charge in [-0.1, -0.05) is 12.1 Å². The Hall–Kier alpha value is -1.44. The van der Waals surface area contributed by atoms with Gasteiger partial charge in [0, 0.05) is 11.4 Å². The van der Waals surface area contributed by atoms with Crippen molar-refractivity contribution >= 4 is 21.4 Å². The molecule has 0 bridgehead atoms. The van der Waals surface area contributed by atoms with Gasteiger partial charge in [-0.05, 0) is 32.9 Å². The van der Waals surface area contributed by atoms with Gasteiger partial charge < -0.3 is 4.74 Å². The molecule has 0 atom stereocenters. The van der Waals surface area contributed by atoms with Gasteiger partial charge in [0.15, 0.2) is 0 Å². The maximum absolute atomic E-state index is 12.4. The number of ether oxygens (including phenoxy) is 1. The van der Waals surface area contributed by atoms with E-state index in [2.05, 4.69) is 9.71 Å². The maximum atomic E-state index is 12.4. The Bertz CT molecular complexity index is 724. The molecule has 0 spiro atoms. The molecule has 21 heavy (non-hydrogen) atoms. The molecule has 5 nitrogen and oxygen atoms in total. The van der Waals surface area contributed by atoms with Gasteiger partial charge in [0.1, 0.15) is 10.6 Å². The summed E-state index contributed by atoms with van der Waals surface area (Å²) in [6.45, 7) is 6.25. The number of para-hydroxylation sites is 1. The molecule has 1 aromatic heterocycles. The average molecular weight is 326 g/mol. The summed E-state index contributed by atoms with van der Waals surface area (Å²) < 4.78 is 32.8. The Morgan fingerprint density at radius 1 is 1.29 bits per heavy atom. The minimum Gasteiger partial charge on any atom is -0.492 e. The molecule has 0 fully saturated rings. The van der Waals surface area contributed by atoms with E-state index in [9.17, 15) is 8.42 Å². The number of rotatable bonds is 6. The lowest BCUT2D eigenvalue weighted by atomic mass is 10.3. The standard InChI is InChI=1S/C14H18N2O3S2/c1-4-19-12-7-5-6-8-14(12)21(17,18)15-9-13-10(2)16-11(3)20-13/h5-8,15H,4,9H2,1-3H3. The van der Waals surface area contributed by atoms with Crippen LogP contribution in [-0.2, 0) is 16.6 Å². The summed E-state index contributed by atoms with van der Waals surface area (Å²) in [4.78, 5) is 5.37. The van der Waals surface area contributed by atoms with Crippen LogP contribution in [0.3, 0.4) is 0 Å². The number of benzene rings is 1. The quantitative estimate of drug-likeness (QED) is 0.886. The zero-order valence-electron chi connectivity index (χ0n) is 12.2. The third-order valence-electron chi connectivity index (χ3n) is 2.86. The lowest BCUT2D eigenvalue weighted by molar-refractivity contribution is 0.331. The van der Waals surface area contributed by atoms with E-state index in [1.807, 2.05) is 20.8 Å².